The van der Waals surface area contributed by atoms with Gasteiger partial charge in [-0.2, -0.15) is 0 Å². The molecule has 2 aromatic carbocycles. The molecule has 0 spiro atoms. The van der Waals surface area contributed by atoms with E-state index in [1.807, 2.05) is 0 Å². The van der Waals surface area contributed by atoms with Gasteiger partial charge in [0.1, 0.15) is 6.61 Å². The van der Waals surface area contributed by atoms with E-state index >= 15 is 0 Å². The van der Waals surface area contributed by atoms with Gasteiger partial charge in [0, 0.05) is 39.0 Å². The van der Waals surface area contributed by atoms with Gasteiger partial charge in [0.25, 0.3) is 0 Å². The predicted octanol–water partition coefficient (Wildman–Crippen LogP) is 3.13. The Morgan fingerprint density at radius 2 is 1.29 bits per heavy atom. The minimum atomic E-state index is -1.23. The maximum atomic E-state index is 13.2. The summed E-state index contributed by atoms with van der Waals surface area (Å²) in [5.41, 5.74) is 1.58. The maximum Gasteiger partial charge on any atom is 0.241 e. The molecule has 0 aromatic heterocycles. The van der Waals surface area contributed by atoms with Crippen molar-refractivity contribution in [3.63, 3.8) is 0 Å². The van der Waals surface area contributed by atoms with Crippen LogP contribution in [0.2, 0.25) is 0 Å². The number of hydrogen-bond acceptors (Lipinski definition) is 7. The number of Topliss-reactive ketones (excluding diaryl/α,β-unsaturated/α-hetero) is 5. The highest BCUT2D eigenvalue weighted by molar-refractivity contribution is 6.31. The first-order chi connectivity index (χ1) is 16.5. The zero-order valence-electron chi connectivity index (χ0n) is 17.5. The molecule has 2 aliphatic carbocycles. The van der Waals surface area contributed by atoms with E-state index in [-0.39, 0.29) is 74.5 Å². The van der Waals surface area contributed by atoms with Gasteiger partial charge in [0.15, 0.2) is 35.0 Å². The molecule has 7 heteroatoms. The molecular formula is C27H14O7. The predicted molar refractivity (Wildman–Crippen MR) is 117 cm³/mol. The molecule has 0 radical (unpaired) electrons. The second-order valence-corrected chi connectivity index (χ2v) is 8.13. The standard InChI is InChI=1S/C27H14O7/c28-23-13-5-1-3-7-15(13)25(30)19-11-33-21(9-17(19)23)27(32)22-10-18-20(12-34-22)26(31)16-8-4-2-6-14(16)24(18)29/h1-11,21H,12H2. The number of allylic oxidation sites excluding steroid dienone is 4. The highest BCUT2D eigenvalue weighted by Crippen LogP contribution is 2.35. The number of hydrogen-bond donors (Lipinski definition) is 0. The van der Waals surface area contributed by atoms with Gasteiger partial charge < -0.3 is 9.47 Å². The van der Waals surface area contributed by atoms with Crippen molar-refractivity contribution in [2.75, 3.05) is 6.61 Å². The van der Waals surface area contributed by atoms with Crippen LogP contribution in [0.15, 0.2) is 95.0 Å². The number of carbonyl (C=O) groups is 5. The number of fused-ring (bicyclic) bond motifs is 3. The second kappa shape index (κ2) is 7.18. The summed E-state index contributed by atoms with van der Waals surface area (Å²) in [5, 5.41) is 0. The Morgan fingerprint density at radius 3 is 1.94 bits per heavy atom. The van der Waals surface area contributed by atoms with Gasteiger partial charge in [-0.05, 0) is 12.2 Å². The average Bonchev–Trinajstić information content (AvgIpc) is 2.89. The van der Waals surface area contributed by atoms with Crippen LogP contribution < -0.4 is 0 Å². The van der Waals surface area contributed by atoms with Crippen LogP contribution in [0.3, 0.4) is 0 Å². The van der Waals surface area contributed by atoms with Gasteiger partial charge in [-0.1, -0.05) is 48.5 Å². The smallest absolute Gasteiger partial charge is 0.241 e. The van der Waals surface area contributed by atoms with Gasteiger partial charge in [-0.15, -0.1) is 0 Å². The van der Waals surface area contributed by atoms with Crippen molar-refractivity contribution in [3.8, 4) is 0 Å². The molecule has 0 bridgehead atoms. The lowest BCUT2D eigenvalue weighted by atomic mass is 9.81. The molecule has 1 unspecified atom stereocenters. The number of ketones is 5. The van der Waals surface area contributed by atoms with Crippen molar-refractivity contribution in [1.29, 1.82) is 0 Å². The summed E-state index contributed by atoms with van der Waals surface area (Å²) in [7, 11) is 0. The van der Waals surface area contributed by atoms with E-state index in [4.69, 9.17) is 9.47 Å². The van der Waals surface area contributed by atoms with E-state index in [0.717, 1.165) is 6.26 Å². The third kappa shape index (κ3) is 2.73. The number of carbonyl (C=O) groups excluding carboxylic acids is 5. The Bertz CT molecular complexity index is 1510. The van der Waals surface area contributed by atoms with Gasteiger partial charge in [0.05, 0.1) is 11.8 Å². The molecular weight excluding hydrogens is 436 g/mol. The minimum Gasteiger partial charge on any atom is -0.485 e. The fourth-order valence-electron chi connectivity index (χ4n) is 4.51. The van der Waals surface area contributed by atoms with Crippen molar-refractivity contribution < 1.29 is 33.4 Å². The fourth-order valence-corrected chi connectivity index (χ4v) is 4.51. The molecule has 0 N–H and O–H groups in total. The summed E-state index contributed by atoms with van der Waals surface area (Å²) in [6.07, 6.45) is 2.44. The quantitative estimate of drug-likeness (QED) is 0.692. The highest BCUT2D eigenvalue weighted by Gasteiger charge is 2.39. The number of ether oxygens (including phenoxy) is 2. The van der Waals surface area contributed by atoms with Crippen molar-refractivity contribution in [3.05, 3.63) is 117 Å². The van der Waals surface area contributed by atoms with E-state index in [0.29, 0.717) is 5.56 Å². The lowest BCUT2D eigenvalue weighted by Gasteiger charge is -2.27. The van der Waals surface area contributed by atoms with Gasteiger partial charge in [0.2, 0.25) is 5.78 Å². The maximum absolute atomic E-state index is 13.2. The molecule has 4 aliphatic rings. The molecule has 164 valence electrons. The van der Waals surface area contributed by atoms with Crippen LogP contribution >= 0.6 is 0 Å². The molecule has 7 nitrogen and oxygen atoms in total. The SMILES string of the molecule is O=C1C2=COC(C(=O)C3=CC4=C(CO3)C(=O)c3ccccc3C4=O)C=C2C(=O)c2ccccc21. The van der Waals surface area contributed by atoms with Crippen LogP contribution in [0, 0.1) is 0 Å². The fraction of sp³-hybridized carbons (Fsp3) is 0.0741. The van der Waals surface area contributed by atoms with E-state index < -0.39 is 11.9 Å². The molecule has 6 rings (SSSR count). The monoisotopic (exact) mass is 450 g/mol. The van der Waals surface area contributed by atoms with Crippen LogP contribution in [0.25, 0.3) is 0 Å². The van der Waals surface area contributed by atoms with Crippen LogP contribution in [-0.4, -0.2) is 41.6 Å². The normalized spacial score (nSPS) is 20.6. The third-order valence-electron chi connectivity index (χ3n) is 6.26. The molecule has 0 saturated carbocycles. The molecule has 34 heavy (non-hydrogen) atoms. The van der Waals surface area contributed by atoms with Crippen molar-refractivity contribution in [1.82, 2.24) is 0 Å². The Balaban J connectivity index is 1.34. The summed E-state index contributed by atoms with van der Waals surface area (Å²) in [6, 6.07) is 12.9. The van der Waals surface area contributed by atoms with Gasteiger partial charge in [-0.25, -0.2) is 0 Å². The van der Waals surface area contributed by atoms with E-state index in [1.54, 1.807) is 48.5 Å². The summed E-state index contributed by atoms with van der Waals surface area (Å²) >= 11 is 0. The van der Waals surface area contributed by atoms with Crippen molar-refractivity contribution in [2.45, 2.75) is 6.10 Å². The molecule has 1 atom stereocenters. The molecule has 0 saturated heterocycles. The largest absolute Gasteiger partial charge is 0.485 e. The lowest BCUT2D eigenvalue weighted by molar-refractivity contribution is -0.125. The molecule has 2 aliphatic heterocycles. The Labute approximate surface area is 192 Å². The summed E-state index contributed by atoms with van der Waals surface area (Å²) < 4.78 is 11.0. The zero-order chi connectivity index (χ0) is 23.6. The average molecular weight is 450 g/mol. The Morgan fingerprint density at radius 1 is 0.735 bits per heavy atom. The molecule has 0 amide bonds. The number of benzene rings is 2. The minimum absolute atomic E-state index is 0.0842. The topological polar surface area (TPSA) is 104 Å². The zero-order valence-corrected chi connectivity index (χ0v) is 17.5. The Hall–Kier alpha value is -4.65. The first kappa shape index (κ1) is 20.0. The van der Waals surface area contributed by atoms with Crippen LogP contribution in [0.1, 0.15) is 41.4 Å². The lowest BCUT2D eigenvalue weighted by Crippen LogP contribution is -2.33. The highest BCUT2D eigenvalue weighted by atomic mass is 16.5. The van der Waals surface area contributed by atoms with Crippen molar-refractivity contribution >= 4 is 28.9 Å². The first-order valence-corrected chi connectivity index (χ1v) is 10.5. The van der Waals surface area contributed by atoms with Crippen LogP contribution in [-0.2, 0) is 14.3 Å². The molecule has 2 aromatic rings. The molecule has 0 fully saturated rings. The van der Waals surface area contributed by atoms with E-state index in [2.05, 4.69) is 0 Å². The molecule has 2 heterocycles. The summed E-state index contributed by atoms with van der Waals surface area (Å²) in [5.74, 6) is -2.22. The van der Waals surface area contributed by atoms with Crippen LogP contribution in [0.4, 0.5) is 0 Å². The number of rotatable bonds is 2. The van der Waals surface area contributed by atoms with Gasteiger partial charge in [-0.3, -0.25) is 24.0 Å². The second-order valence-electron chi connectivity index (χ2n) is 8.13. The summed E-state index contributed by atoms with van der Waals surface area (Å²) in [6.45, 7) is -0.235. The first-order valence-electron chi connectivity index (χ1n) is 10.5. The van der Waals surface area contributed by atoms with Crippen LogP contribution in [0.5, 0.6) is 0 Å². The Kier molecular flexibility index (Phi) is 4.22. The van der Waals surface area contributed by atoms with E-state index in [1.165, 1.54) is 12.2 Å². The van der Waals surface area contributed by atoms with E-state index in [9.17, 15) is 24.0 Å². The van der Waals surface area contributed by atoms with Crippen molar-refractivity contribution in [2.24, 2.45) is 0 Å². The third-order valence-corrected chi connectivity index (χ3v) is 6.26. The van der Waals surface area contributed by atoms with Gasteiger partial charge >= 0.3 is 0 Å². The summed E-state index contributed by atoms with van der Waals surface area (Å²) in [4.78, 5) is 64.6.